The summed E-state index contributed by atoms with van der Waals surface area (Å²) in [7, 11) is 0. The highest BCUT2D eigenvalue weighted by Crippen LogP contribution is 2.80. The van der Waals surface area contributed by atoms with Gasteiger partial charge < -0.3 is 14.9 Å². The van der Waals surface area contributed by atoms with Crippen LogP contribution in [0.5, 0.6) is 0 Å². The second kappa shape index (κ2) is 5.48. The van der Waals surface area contributed by atoms with E-state index in [4.69, 9.17) is 4.74 Å². The van der Waals surface area contributed by atoms with Gasteiger partial charge in [0.05, 0.1) is 11.2 Å². The van der Waals surface area contributed by atoms with Crippen LogP contribution in [0.2, 0.25) is 0 Å². The minimum absolute atomic E-state index is 0.118. The second-order valence-electron chi connectivity index (χ2n) is 12.4. The molecule has 1 spiro atoms. The van der Waals surface area contributed by atoms with Crippen molar-refractivity contribution in [2.45, 2.75) is 96.6 Å². The standard InChI is InChI=1S/C25H38O4/c1-13-14(2)24(28)12-15(26)5-8-22(24,3)17-6-9-23(4)21(20(13)17)16-11-18(16)25(23)10-7-19(27)29-25/h13-14,16-21,27-28H,5-12H2,1-4H3/t13?,14?,16?,17?,18?,19?,20?,21?,22-,23+,24-,25+/m1/s1. The van der Waals surface area contributed by atoms with Crippen LogP contribution in [-0.4, -0.2) is 33.5 Å². The van der Waals surface area contributed by atoms with Gasteiger partial charge in [0.1, 0.15) is 5.78 Å². The summed E-state index contributed by atoms with van der Waals surface area (Å²) in [6, 6.07) is 0. The summed E-state index contributed by atoms with van der Waals surface area (Å²) in [5.41, 5.74) is -0.985. The fourth-order valence-corrected chi connectivity index (χ4v) is 10.3. The van der Waals surface area contributed by atoms with Crippen LogP contribution in [0.4, 0.5) is 0 Å². The highest BCUT2D eigenvalue weighted by molar-refractivity contribution is 5.81. The van der Waals surface area contributed by atoms with Crippen LogP contribution in [0, 0.1) is 52.3 Å². The number of aliphatic hydroxyl groups is 2. The molecule has 4 nitrogen and oxygen atoms in total. The largest absolute Gasteiger partial charge is 0.389 e. The molecular weight excluding hydrogens is 364 g/mol. The first kappa shape index (κ1) is 19.3. The number of hydrogen-bond acceptors (Lipinski definition) is 4. The lowest BCUT2D eigenvalue weighted by Crippen LogP contribution is -2.69. The molecular formula is C25H38O4. The Morgan fingerprint density at radius 1 is 1.03 bits per heavy atom. The monoisotopic (exact) mass is 402 g/mol. The van der Waals surface area contributed by atoms with E-state index < -0.39 is 11.9 Å². The Labute approximate surface area is 174 Å². The second-order valence-corrected chi connectivity index (χ2v) is 12.4. The molecule has 29 heavy (non-hydrogen) atoms. The van der Waals surface area contributed by atoms with Crippen molar-refractivity contribution in [2.75, 3.05) is 0 Å². The minimum Gasteiger partial charge on any atom is -0.389 e. The van der Waals surface area contributed by atoms with Crippen molar-refractivity contribution >= 4 is 5.78 Å². The Bertz CT molecular complexity index is 766. The molecule has 5 saturated carbocycles. The molecule has 4 heteroatoms. The number of aliphatic hydroxyl groups excluding tert-OH is 1. The van der Waals surface area contributed by atoms with Crippen LogP contribution in [0.1, 0.15) is 79.1 Å². The third kappa shape index (κ3) is 1.97. The van der Waals surface area contributed by atoms with Gasteiger partial charge in [-0.3, -0.25) is 4.79 Å². The molecule has 1 heterocycles. The van der Waals surface area contributed by atoms with Crippen LogP contribution in [0.15, 0.2) is 0 Å². The maximum atomic E-state index is 12.4. The number of carbonyl (C=O) groups excluding carboxylic acids is 1. The van der Waals surface area contributed by atoms with Crippen molar-refractivity contribution in [1.29, 1.82) is 0 Å². The molecule has 0 aromatic heterocycles. The smallest absolute Gasteiger partial charge is 0.155 e. The molecule has 2 N–H and O–H groups in total. The Morgan fingerprint density at radius 3 is 2.48 bits per heavy atom. The van der Waals surface area contributed by atoms with Gasteiger partial charge in [-0.25, -0.2) is 0 Å². The summed E-state index contributed by atoms with van der Waals surface area (Å²) in [5, 5.41) is 22.2. The van der Waals surface area contributed by atoms with Crippen molar-refractivity contribution in [3.8, 4) is 0 Å². The van der Waals surface area contributed by atoms with Gasteiger partial charge in [0.25, 0.3) is 0 Å². The van der Waals surface area contributed by atoms with E-state index >= 15 is 0 Å². The molecule has 6 rings (SSSR count). The van der Waals surface area contributed by atoms with E-state index in [0.717, 1.165) is 38.0 Å². The zero-order valence-corrected chi connectivity index (χ0v) is 18.5. The number of Topliss-reactive ketones (excluding diaryl/α,β-unsaturated/α-hetero) is 1. The first-order chi connectivity index (χ1) is 13.6. The van der Waals surface area contributed by atoms with E-state index in [-0.39, 0.29) is 28.1 Å². The van der Waals surface area contributed by atoms with E-state index in [1.54, 1.807) is 0 Å². The molecule has 162 valence electrons. The highest BCUT2D eigenvalue weighted by Gasteiger charge is 2.80. The van der Waals surface area contributed by atoms with Crippen LogP contribution in [0.25, 0.3) is 0 Å². The lowest BCUT2D eigenvalue weighted by molar-refractivity contribution is -0.263. The average molecular weight is 403 g/mol. The summed E-state index contributed by atoms with van der Waals surface area (Å²) in [6.45, 7) is 9.36. The maximum Gasteiger partial charge on any atom is 0.155 e. The molecule has 0 radical (unpaired) electrons. The molecule has 0 aromatic rings. The quantitative estimate of drug-likeness (QED) is 0.644. The highest BCUT2D eigenvalue weighted by atomic mass is 16.6. The summed E-state index contributed by atoms with van der Waals surface area (Å²) in [4.78, 5) is 12.4. The molecule has 12 atom stereocenters. The first-order valence-electron chi connectivity index (χ1n) is 12.2. The summed E-state index contributed by atoms with van der Waals surface area (Å²) in [6.07, 6.45) is 6.57. The number of rotatable bonds is 0. The summed E-state index contributed by atoms with van der Waals surface area (Å²) < 4.78 is 6.41. The van der Waals surface area contributed by atoms with E-state index in [0.29, 0.717) is 42.4 Å². The molecule has 8 unspecified atom stereocenters. The van der Waals surface area contributed by atoms with Gasteiger partial charge in [-0.05, 0) is 73.5 Å². The third-order valence-electron chi connectivity index (χ3n) is 11.9. The van der Waals surface area contributed by atoms with Crippen LogP contribution in [0.3, 0.4) is 0 Å². The number of fused-ring (bicyclic) bond motifs is 9. The van der Waals surface area contributed by atoms with Crippen molar-refractivity contribution < 1.29 is 19.7 Å². The molecule has 0 bridgehead atoms. The fourth-order valence-electron chi connectivity index (χ4n) is 10.3. The lowest BCUT2D eigenvalue weighted by atomic mass is 9.38. The zero-order valence-electron chi connectivity index (χ0n) is 18.5. The van der Waals surface area contributed by atoms with Gasteiger partial charge in [0, 0.05) is 30.1 Å². The maximum absolute atomic E-state index is 12.4. The van der Waals surface area contributed by atoms with Gasteiger partial charge >= 0.3 is 0 Å². The number of carbonyl (C=O) groups is 1. The van der Waals surface area contributed by atoms with Crippen molar-refractivity contribution in [2.24, 2.45) is 52.3 Å². The van der Waals surface area contributed by atoms with Crippen molar-refractivity contribution in [3.05, 3.63) is 0 Å². The topological polar surface area (TPSA) is 66.8 Å². The Kier molecular flexibility index (Phi) is 3.64. The minimum atomic E-state index is -0.851. The Balaban J connectivity index is 1.44. The van der Waals surface area contributed by atoms with Crippen LogP contribution >= 0.6 is 0 Å². The molecule has 1 saturated heterocycles. The zero-order chi connectivity index (χ0) is 20.6. The number of hydrogen-bond donors (Lipinski definition) is 2. The first-order valence-corrected chi connectivity index (χ1v) is 12.2. The predicted octanol–water partition coefficient (Wildman–Crippen LogP) is 3.93. The fraction of sp³-hybridized carbons (Fsp3) is 0.960. The molecule has 0 amide bonds. The van der Waals surface area contributed by atoms with Gasteiger partial charge in [-0.1, -0.05) is 27.7 Å². The van der Waals surface area contributed by atoms with Crippen molar-refractivity contribution in [1.82, 2.24) is 0 Å². The van der Waals surface area contributed by atoms with E-state index in [1.165, 1.54) is 6.42 Å². The Morgan fingerprint density at radius 2 is 1.79 bits per heavy atom. The van der Waals surface area contributed by atoms with Gasteiger partial charge in [0.15, 0.2) is 6.29 Å². The molecule has 6 aliphatic rings. The van der Waals surface area contributed by atoms with Gasteiger partial charge in [-0.15, -0.1) is 0 Å². The number of ketones is 1. The summed E-state index contributed by atoms with van der Waals surface area (Å²) >= 11 is 0. The molecule has 5 aliphatic carbocycles. The van der Waals surface area contributed by atoms with Crippen LogP contribution < -0.4 is 0 Å². The van der Waals surface area contributed by atoms with Gasteiger partial charge in [0.2, 0.25) is 0 Å². The van der Waals surface area contributed by atoms with Crippen molar-refractivity contribution in [3.63, 3.8) is 0 Å². The average Bonchev–Trinajstić information content (AvgIpc) is 3.31. The SMILES string of the molecule is CC1C2C3C4CC4[C@@]4(CCC(O)O4)[C@@]3(C)CCC2[C@@]2(C)CCC(=O)C[C@@]2(O)C1C. The molecule has 6 fully saturated rings. The van der Waals surface area contributed by atoms with E-state index in [9.17, 15) is 15.0 Å². The summed E-state index contributed by atoms with van der Waals surface area (Å²) in [5.74, 6) is 3.88. The third-order valence-corrected chi connectivity index (χ3v) is 11.9. The normalized spacial score (nSPS) is 65.7. The van der Waals surface area contributed by atoms with Gasteiger partial charge in [-0.2, -0.15) is 0 Å². The molecule has 1 aliphatic heterocycles. The van der Waals surface area contributed by atoms with Crippen LogP contribution in [-0.2, 0) is 9.53 Å². The lowest BCUT2D eigenvalue weighted by Gasteiger charge is -2.68. The van der Waals surface area contributed by atoms with E-state index in [1.807, 2.05) is 0 Å². The Hall–Kier alpha value is -0.450. The molecule has 0 aromatic carbocycles. The van der Waals surface area contributed by atoms with E-state index in [2.05, 4.69) is 27.7 Å². The predicted molar refractivity (Wildman–Crippen MR) is 109 cm³/mol. The number of ether oxygens (including phenoxy) is 1.